The first-order chi connectivity index (χ1) is 10.1. The zero-order valence-corrected chi connectivity index (χ0v) is 13.1. The van der Waals surface area contributed by atoms with Crippen LogP contribution >= 0.6 is 11.3 Å². The predicted octanol–water partition coefficient (Wildman–Crippen LogP) is 2.26. The summed E-state index contributed by atoms with van der Waals surface area (Å²) in [5.41, 5.74) is 0.979. The molecule has 1 amide bonds. The maximum atomic E-state index is 12.4. The van der Waals surface area contributed by atoms with E-state index in [0.717, 1.165) is 42.3 Å². The normalized spacial score (nSPS) is 16.1. The summed E-state index contributed by atoms with van der Waals surface area (Å²) in [4.78, 5) is 16.8. The number of amides is 1. The van der Waals surface area contributed by atoms with Crippen LogP contribution < -0.4 is 5.32 Å². The number of hydrogen-bond acceptors (Lipinski definition) is 5. The fourth-order valence-corrected chi connectivity index (χ4v) is 3.35. The van der Waals surface area contributed by atoms with Crippen LogP contribution in [-0.2, 0) is 13.0 Å². The molecule has 0 fully saturated rings. The Morgan fingerprint density at radius 2 is 2.24 bits per heavy atom. The Balaban J connectivity index is 1.75. The van der Waals surface area contributed by atoms with Gasteiger partial charge in [0, 0.05) is 24.0 Å². The monoisotopic (exact) mass is 305 g/mol. The van der Waals surface area contributed by atoms with E-state index in [0.29, 0.717) is 5.82 Å². The van der Waals surface area contributed by atoms with Gasteiger partial charge in [0.1, 0.15) is 10.8 Å². The van der Waals surface area contributed by atoms with Crippen molar-refractivity contribution >= 4 is 17.2 Å². The van der Waals surface area contributed by atoms with E-state index < -0.39 is 0 Å². The van der Waals surface area contributed by atoms with Crippen LogP contribution in [-0.4, -0.2) is 25.7 Å². The molecule has 6 nitrogen and oxygen atoms in total. The molecule has 1 atom stereocenters. The highest BCUT2D eigenvalue weighted by Gasteiger charge is 2.22. The zero-order chi connectivity index (χ0) is 14.8. The van der Waals surface area contributed by atoms with E-state index in [9.17, 15) is 4.79 Å². The van der Waals surface area contributed by atoms with Gasteiger partial charge >= 0.3 is 0 Å². The summed E-state index contributed by atoms with van der Waals surface area (Å²) in [5.74, 6) is 1.18. The Morgan fingerprint density at radius 1 is 1.38 bits per heavy atom. The van der Waals surface area contributed by atoms with Crippen molar-refractivity contribution in [3.8, 4) is 0 Å². The maximum absolute atomic E-state index is 12.4. The van der Waals surface area contributed by atoms with Gasteiger partial charge in [0.15, 0.2) is 0 Å². The van der Waals surface area contributed by atoms with Gasteiger partial charge in [-0.25, -0.2) is 4.98 Å². The third kappa shape index (κ3) is 2.97. The number of rotatable bonds is 3. The molecule has 3 heterocycles. The highest BCUT2D eigenvalue weighted by molar-refractivity contribution is 7.09. The smallest absolute Gasteiger partial charge is 0.289 e. The van der Waals surface area contributed by atoms with Crippen molar-refractivity contribution in [3.63, 3.8) is 0 Å². The first-order valence-corrected chi connectivity index (χ1v) is 8.18. The molecule has 0 bridgehead atoms. The minimum absolute atomic E-state index is 0.116. The van der Waals surface area contributed by atoms with Crippen molar-refractivity contribution in [1.82, 2.24) is 25.1 Å². The minimum Gasteiger partial charge on any atom is -0.340 e. The first-order valence-electron chi connectivity index (χ1n) is 7.30. The molecule has 7 heteroatoms. The standard InChI is InChI=1S/C14H19N5OS/c1-9-8-21-14(15-9)10(2)16-13(20)12-18-17-11-6-4-3-5-7-19(11)12/h8,10H,3-7H2,1-2H3,(H,16,20)/t10-/m0/s1. The van der Waals surface area contributed by atoms with Gasteiger partial charge in [-0.05, 0) is 26.7 Å². The fraction of sp³-hybridized carbons (Fsp3) is 0.571. The van der Waals surface area contributed by atoms with Crippen LogP contribution in [0.25, 0.3) is 0 Å². The maximum Gasteiger partial charge on any atom is 0.289 e. The lowest BCUT2D eigenvalue weighted by atomic mass is 10.2. The van der Waals surface area contributed by atoms with Crippen LogP contribution in [0.3, 0.4) is 0 Å². The Kier molecular flexibility index (Phi) is 4.01. The molecule has 2 aromatic heterocycles. The molecule has 2 aromatic rings. The summed E-state index contributed by atoms with van der Waals surface area (Å²) in [5, 5.41) is 14.1. The molecule has 0 spiro atoms. The molecule has 0 saturated heterocycles. The highest BCUT2D eigenvalue weighted by Crippen LogP contribution is 2.19. The summed E-state index contributed by atoms with van der Waals surface area (Å²) in [6, 6.07) is -0.116. The summed E-state index contributed by atoms with van der Waals surface area (Å²) in [6.07, 6.45) is 4.28. The van der Waals surface area contributed by atoms with Gasteiger partial charge in [-0.2, -0.15) is 0 Å². The number of nitrogens with one attached hydrogen (secondary N) is 1. The number of carbonyl (C=O) groups excluding carboxylic acids is 1. The number of thiazole rings is 1. The molecule has 1 N–H and O–H groups in total. The SMILES string of the molecule is Cc1csc([C@H](C)NC(=O)c2nnc3n2CCCCC3)n1. The number of carbonyl (C=O) groups is 1. The average molecular weight is 305 g/mol. The van der Waals surface area contributed by atoms with Crippen LogP contribution in [0, 0.1) is 6.92 Å². The molecule has 0 aliphatic carbocycles. The molecular weight excluding hydrogens is 286 g/mol. The Hall–Kier alpha value is -1.76. The third-order valence-electron chi connectivity index (χ3n) is 3.67. The van der Waals surface area contributed by atoms with Crippen molar-refractivity contribution in [3.05, 3.63) is 27.7 Å². The van der Waals surface area contributed by atoms with E-state index >= 15 is 0 Å². The molecule has 112 valence electrons. The van der Waals surface area contributed by atoms with E-state index in [4.69, 9.17) is 0 Å². The van der Waals surface area contributed by atoms with Crippen LogP contribution in [0.2, 0.25) is 0 Å². The number of nitrogens with zero attached hydrogens (tertiary/aromatic N) is 4. The van der Waals surface area contributed by atoms with Gasteiger partial charge in [-0.3, -0.25) is 4.79 Å². The minimum atomic E-state index is -0.170. The Bertz CT molecular complexity index is 648. The zero-order valence-electron chi connectivity index (χ0n) is 12.3. The molecule has 0 saturated carbocycles. The largest absolute Gasteiger partial charge is 0.340 e. The van der Waals surface area contributed by atoms with Crippen molar-refractivity contribution in [2.45, 2.75) is 52.1 Å². The third-order valence-corrected chi connectivity index (χ3v) is 4.81. The summed E-state index contributed by atoms with van der Waals surface area (Å²) >= 11 is 1.56. The molecule has 21 heavy (non-hydrogen) atoms. The topological polar surface area (TPSA) is 72.7 Å². The second kappa shape index (κ2) is 5.93. The number of aryl methyl sites for hydroxylation is 2. The summed E-state index contributed by atoms with van der Waals surface area (Å²) < 4.78 is 1.96. The molecule has 0 unspecified atom stereocenters. The van der Waals surface area contributed by atoms with Gasteiger partial charge in [-0.15, -0.1) is 21.5 Å². The van der Waals surface area contributed by atoms with Gasteiger partial charge < -0.3 is 9.88 Å². The lowest BCUT2D eigenvalue weighted by Crippen LogP contribution is -2.29. The number of fused-ring (bicyclic) bond motifs is 1. The van der Waals surface area contributed by atoms with Gasteiger partial charge in [0.05, 0.1) is 6.04 Å². The second-order valence-electron chi connectivity index (χ2n) is 5.42. The molecule has 0 aromatic carbocycles. The number of hydrogen-bond donors (Lipinski definition) is 1. The van der Waals surface area contributed by atoms with Crippen molar-refractivity contribution in [2.75, 3.05) is 0 Å². The molecule has 3 rings (SSSR count). The van der Waals surface area contributed by atoms with Crippen molar-refractivity contribution in [2.24, 2.45) is 0 Å². The molecule has 0 radical (unpaired) electrons. The lowest BCUT2D eigenvalue weighted by Gasteiger charge is -2.12. The van der Waals surface area contributed by atoms with E-state index in [2.05, 4.69) is 20.5 Å². The fourth-order valence-electron chi connectivity index (χ4n) is 2.55. The molecule has 1 aliphatic heterocycles. The predicted molar refractivity (Wildman–Crippen MR) is 80.3 cm³/mol. The van der Waals surface area contributed by atoms with Crippen LogP contribution in [0.15, 0.2) is 5.38 Å². The van der Waals surface area contributed by atoms with E-state index in [1.807, 2.05) is 23.8 Å². The molecular formula is C14H19N5OS. The highest BCUT2D eigenvalue weighted by atomic mass is 32.1. The first kappa shape index (κ1) is 14.2. The van der Waals surface area contributed by atoms with Crippen LogP contribution in [0.4, 0.5) is 0 Å². The van der Waals surface area contributed by atoms with E-state index in [1.54, 1.807) is 11.3 Å². The van der Waals surface area contributed by atoms with Gasteiger partial charge in [-0.1, -0.05) is 6.42 Å². The van der Waals surface area contributed by atoms with E-state index in [-0.39, 0.29) is 11.9 Å². The van der Waals surface area contributed by atoms with Crippen LogP contribution in [0.1, 0.15) is 59.4 Å². The van der Waals surface area contributed by atoms with Gasteiger partial charge in [0.2, 0.25) is 5.82 Å². The number of aromatic nitrogens is 4. The Morgan fingerprint density at radius 3 is 3.00 bits per heavy atom. The van der Waals surface area contributed by atoms with Crippen LogP contribution in [0.5, 0.6) is 0 Å². The van der Waals surface area contributed by atoms with Gasteiger partial charge in [0.25, 0.3) is 5.91 Å². The van der Waals surface area contributed by atoms with Crippen molar-refractivity contribution < 1.29 is 4.79 Å². The van der Waals surface area contributed by atoms with Crippen molar-refractivity contribution in [1.29, 1.82) is 0 Å². The average Bonchev–Trinajstić information content (AvgIpc) is 2.99. The van der Waals surface area contributed by atoms with E-state index in [1.165, 1.54) is 6.42 Å². The Labute approximate surface area is 127 Å². The second-order valence-corrected chi connectivity index (χ2v) is 6.31. The molecule has 1 aliphatic rings. The lowest BCUT2D eigenvalue weighted by molar-refractivity contribution is 0.0924. The summed E-state index contributed by atoms with van der Waals surface area (Å²) in [7, 11) is 0. The quantitative estimate of drug-likeness (QED) is 0.944. The summed E-state index contributed by atoms with van der Waals surface area (Å²) in [6.45, 7) is 4.72.